The molecule has 1 atom stereocenters. The molecule has 1 rings (SSSR count). The number of unbranched alkanes of at least 4 members (excludes halogenated alkanes) is 2. The first-order valence-corrected chi connectivity index (χ1v) is 9.61. The minimum Gasteiger partial charge on any atom is -0.123 e. The van der Waals surface area contributed by atoms with Gasteiger partial charge in [-0.25, -0.2) is 0 Å². The molecule has 0 nitrogen and oxygen atoms in total. The number of alkyl halides is 1. The number of allylic oxidation sites excluding steroid dienone is 4. The second-order valence-corrected chi connectivity index (χ2v) is 7.50. The van der Waals surface area contributed by atoms with Gasteiger partial charge in [-0.1, -0.05) is 37.6 Å². The maximum atomic E-state index is 5.94. The van der Waals surface area contributed by atoms with Gasteiger partial charge in [-0.3, -0.25) is 0 Å². The van der Waals surface area contributed by atoms with Gasteiger partial charge >= 0.3 is 0 Å². The molecule has 1 aliphatic carbocycles. The number of halogens is 1. The molecule has 1 saturated carbocycles. The van der Waals surface area contributed by atoms with E-state index in [1.807, 2.05) is 0 Å². The standard InChI is InChI=1S/C20H35Cl/c1-3-4-8-12-19-14-16-20(17-15-19)13-10-7-5-6-9-11-18(2)21/h5,7-8,12,18-20H,3-4,6,9-11,13-17H2,1-2H3/b7-5+,12-8+/t18-,19?,20?/m1/s1. The summed E-state index contributed by atoms with van der Waals surface area (Å²) in [6.45, 7) is 4.34. The zero-order chi connectivity index (χ0) is 15.3. The van der Waals surface area contributed by atoms with Crippen molar-refractivity contribution in [2.24, 2.45) is 11.8 Å². The molecule has 0 spiro atoms. The summed E-state index contributed by atoms with van der Waals surface area (Å²) in [6, 6.07) is 0. The molecular weight excluding hydrogens is 276 g/mol. The van der Waals surface area contributed by atoms with Crippen LogP contribution in [0.15, 0.2) is 24.3 Å². The Hall–Kier alpha value is -0.230. The topological polar surface area (TPSA) is 0 Å². The third kappa shape index (κ3) is 10.2. The number of hydrogen-bond donors (Lipinski definition) is 0. The SMILES string of the molecule is CCC/C=C/C1CCC(CC/C=C/CCC[C@@H](C)Cl)CC1. The Labute approximate surface area is 138 Å². The highest BCUT2D eigenvalue weighted by molar-refractivity contribution is 6.20. The molecule has 0 aromatic heterocycles. The van der Waals surface area contributed by atoms with Gasteiger partial charge in [0.1, 0.15) is 0 Å². The molecule has 0 amide bonds. The predicted molar refractivity (Wildman–Crippen MR) is 97.0 cm³/mol. The van der Waals surface area contributed by atoms with Gasteiger partial charge in [-0.05, 0) is 83.0 Å². The van der Waals surface area contributed by atoms with Crippen molar-refractivity contribution in [1.29, 1.82) is 0 Å². The Kier molecular flexibility index (Phi) is 11.0. The first kappa shape index (κ1) is 18.8. The molecule has 1 heteroatoms. The summed E-state index contributed by atoms with van der Waals surface area (Å²) >= 11 is 5.94. The van der Waals surface area contributed by atoms with Gasteiger partial charge in [-0.2, -0.15) is 0 Å². The maximum absolute atomic E-state index is 5.94. The molecule has 0 heterocycles. The number of rotatable bonds is 10. The fourth-order valence-electron chi connectivity index (χ4n) is 3.21. The van der Waals surface area contributed by atoms with Crippen molar-refractivity contribution in [2.45, 2.75) is 89.9 Å². The minimum atomic E-state index is 0.333. The minimum absolute atomic E-state index is 0.333. The van der Waals surface area contributed by atoms with E-state index >= 15 is 0 Å². The first-order chi connectivity index (χ1) is 10.2. The Bertz CT molecular complexity index is 282. The van der Waals surface area contributed by atoms with E-state index in [1.54, 1.807) is 0 Å². The van der Waals surface area contributed by atoms with Gasteiger partial charge in [0.25, 0.3) is 0 Å². The smallest absolute Gasteiger partial charge is 0.0307 e. The fourth-order valence-corrected chi connectivity index (χ4v) is 3.36. The Balaban J connectivity index is 2.01. The van der Waals surface area contributed by atoms with Crippen LogP contribution >= 0.6 is 11.6 Å². The van der Waals surface area contributed by atoms with Crippen LogP contribution in [-0.2, 0) is 0 Å². The molecule has 0 aromatic carbocycles. The molecule has 1 fully saturated rings. The lowest BCUT2D eigenvalue weighted by Gasteiger charge is -2.26. The maximum Gasteiger partial charge on any atom is 0.0307 e. The molecule has 1 aliphatic rings. The van der Waals surface area contributed by atoms with Gasteiger partial charge in [0, 0.05) is 5.38 Å². The van der Waals surface area contributed by atoms with Crippen LogP contribution in [0.1, 0.15) is 84.5 Å². The molecule has 0 bridgehead atoms. The second kappa shape index (κ2) is 12.3. The van der Waals surface area contributed by atoms with Crippen molar-refractivity contribution in [3.8, 4) is 0 Å². The van der Waals surface area contributed by atoms with Crippen molar-refractivity contribution >= 4 is 11.6 Å². The lowest BCUT2D eigenvalue weighted by Crippen LogP contribution is -2.12. The van der Waals surface area contributed by atoms with E-state index in [1.165, 1.54) is 64.2 Å². The van der Waals surface area contributed by atoms with E-state index < -0.39 is 0 Å². The van der Waals surface area contributed by atoms with Crippen LogP contribution in [0.3, 0.4) is 0 Å². The van der Waals surface area contributed by atoms with E-state index in [0.717, 1.165) is 18.3 Å². The normalized spacial score (nSPS) is 24.9. The van der Waals surface area contributed by atoms with Crippen LogP contribution in [0.5, 0.6) is 0 Å². The Morgan fingerprint density at radius 1 is 1.00 bits per heavy atom. The number of hydrogen-bond acceptors (Lipinski definition) is 0. The summed E-state index contributed by atoms with van der Waals surface area (Å²) in [4.78, 5) is 0. The predicted octanol–water partition coefficient (Wildman–Crippen LogP) is 7.28. The van der Waals surface area contributed by atoms with Gasteiger partial charge < -0.3 is 0 Å². The summed E-state index contributed by atoms with van der Waals surface area (Å²) < 4.78 is 0. The quantitative estimate of drug-likeness (QED) is 0.226. The van der Waals surface area contributed by atoms with E-state index in [2.05, 4.69) is 38.2 Å². The van der Waals surface area contributed by atoms with Crippen molar-refractivity contribution in [1.82, 2.24) is 0 Å². The molecule has 0 radical (unpaired) electrons. The second-order valence-electron chi connectivity index (χ2n) is 6.76. The summed E-state index contributed by atoms with van der Waals surface area (Å²) in [6.07, 6.45) is 24.1. The Morgan fingerprint density at radius 3 is 2.38 bits per heavy atom. The van der Waals surface area contributed by atoms with Crippen LogP contribution in [0.4, 0.5) is 0 Å². The Morgan fingerprint density at radius 2 is 1.71 bits per heavy atom. The first-order valence-electron chi connectivity index (χ1n) is 9.18. The average Bonchev–Trinajstić information content (AvgIpc) is 2.48. The van der Waals surface area contributed by atoms with Crippen molar-refractivity contribution in [3.05, 3.63) is 24.3 Å². The molecule has 0 aromatic rings. The van der Waals surface area contributed by atoms with Crippen LogP contribution in [0.2, 0.25) is 0 Å². The van der Waals surface area contributed by atoms with Gasteiger partial charge in [0.05, 0.1) is 0 Å². The molecule has 0 aliphatic heterocycles. The molecule has 122 valence electrons. The van der Waals surface area contributed by atoms with Crippen molar-refractivity contribution < 1.29 is 0 Å². The van der Waals surface area contributed by atoms with E-state index in [0.29, 0.717) is 5.38 Å². The summed E-state index contributed by atoms with van der Waals surface area (Å²) in [5.41, 5.74) is 0. The zero-order valence-corrected chi connectivity index (χ0v) is 15.0. The van der Waals surface area contributed by atoms with Crippen LogP contribution < -0.4 is 0 Å². The highest BCUT2D eigenvalue weighted by atomic mass is 35.5. The van der Waals surface area contributed by atoms with Crippen LogP contribution in [0.25, 0.3) is 0 Å². The van der Waals surface area contributed by atoms with E-state index in [4.69, 9.17) is 11.6 Å². The summed E-state index contributed by atoms with van der Waals surface area (Å²) in [7, 11) is 0. The van der Waals surface area contributed by atoms with Crippen molar-refractivity contribution in [3.63, 3.8) is 0 Å². The third-order valence-corrected chi connectivity index (χ3v) is 4.85. The molecule has 21 heavy (non-hydrogen) atoms. The van der Waals surface area contributed by atoms with Crippen LogP contribution in [-0.4, -0.2) is 5.38 Å². The molecule has 0 N–H and O–H groups in total. The highest BCUT2D eigenvalue weighted by Crippen LogP contribution is 2.32. The third-order valence-electron chi connectivity index (χ3n) is 4.64. The van der Waals surface area contributed by atoms with Gasteiger partial charge in [0.2, 0.25) is 0 Å². The van der Waals surface area contributed by atoms with E-state index in [9.17, 15) is 0 Å². The molecular formula is C20H35Cl. The molecule has 0 saturated heterocycles. The fraction of sp³-hybridized carbons (Fsp3) is 0.800. The molecule has 0 unspecified atom stereocenters. The van der Waals surface area contributed by atoms with Gasteiger partial charge in [0.15, 0.2) is 0 Å². The van der Waals surface area contributed by atoms with E-state index in [-0.39, 0.29) is 0 Å². The van der Waals surface area contributed by atoms with Gasteiger partial charge in [-0.15, -0.1) is 11.6 Å². The lowest BCUT2D eigenvalue weighted by molar-refractivity contribution is 0.297. The van der Waals surface area contributed by atoms with Crippen LogP contribution in [0, 0.1) is 11.8 Å². The summed E-state index contributed by atoms with van der Waals surface area (Å²) in [5, 5.41) is 0.333. The zero-order valence-electron chi connectivity index (χ0n) is 14.2. The highest BCUT2D eigenvalue weighted by Gasteiger charge is 2.18. The summed E-state index contributed by atoms with van der Waals surface area (Å²) in [5.74, 6) is 1.86. The lowest BCUT2D eigenvalue weighted by atomic mass is 9.80. The average molecular weight is 311 g/mol. The largest absolute Gasteiger partial charge is 0.123 e. The van der Waals surface area contributed by atoms with Crippen molar-refractivity contribution in [2.75, 3.05) is 0 Å². The monoisotopic (exact) mass is 310 g/mol.